The number of methoxy groups -OCH3 is 1. The lowest BCUT2D eigenvalue weighted by Crippen LogP contribution is -2.57. The van der Waals surface area contributed by atoms with Crippen molar-refractivity contribution in [2.24, 2.45) is 5.92 Å². The predicted molar refractivity (Wildman–Crippen MR) is 263 cm³/mol. The van der Waals surface area contributed by atoms with Crippen LogP contribution >= 0.6 is 11.6 Å². The number of piperazine rings is 1. The number of carbonyl (C=O) groups is 4. The first-order valence-electron chi connectivity index (χ1n) is 23.8. The molecule has 3 N–H and O–H groups in total. The first-order valence-corrected chi connectivity index (χ1v) is 26.1. The highest BCUT2D eigenvalue weighted by Gasteiger charge is 2.54. The zero-order valence-electron chi connectivity index (χ0n) is 39.0. The fourth-order valence-corrected chi connectivity index (χ4v) is 12.5. The number of hydrogen-bond acceptors (Lipinski definition) is 15. The summed E-state index contributed by atoms with van der Waals surface area (Å²) in [6, 6.07) is 14.8. The van der Waals surface area contributed by atoms with E-state index in [0.29, 0.717) is 69.2 Å². The van der Waals surface area contributed by atoms with Gasteiger partial charge in [0.05, 0.1) is 47.8 Å². The van der Waals surface area contributed by atoms with E-state index in [1.807, 2.05) is 24.3 Å². The van der Waals surface area contributed by atoms with Crippen LogP contribution in [0.2, 0.25) is 5.02 Å². The maximum atomic E-state index is 13.4. The van der Waals surface area contributed by atoms with Crippen LogP contribution in [0.3, 0.4) is 0 Å². The lowest BCUT2D eigenvalue weighted by atomic mass is 9.96. The second-order valence-electron chi connectivity index (χ2n) is 19.7. The van der Waals surface area contributed by atoms with Crippen molar-refractivity contribution in [3.8, 4) is 5.75 Å². The molecule has 4 amide bonds. The van der Waals surface area contributed by atoms with Crippen LogP contribution in [0.4, 0.5) is 40.2 Å². The summed E-state index contributed by atoms with van der Waals surface area (Å²) in [4.78, 5) is 70.8. The Hall–Kier alpha value is -6.02. The molecule has 1 unspecified atom stereocenters. The summed E-state index contributed by atoms with van der Waals surface area (Å²) in [6.07, 6.45) is 7.05. The van der Waals surface area contributed by atoms with E-state index >= 15 is 0 Å². The van der Waals surface area contributed by atoms with Crippen molar-refractivity contribution in [2.45, 2.75) is 62.9 Å². The third-order valence-corrected chi connectivity index (χ3v) is 16.7. The Kier molecular flexibility index (Phi) is 11.5. The Morgan fingerprint density at radius 3 is 2.35 bits per heavy atom. The molecule has 7 aliphatic rings. The molecular formula is C49H56ClN11O7S. The summed E-state index contributed by atoms with van der Waals surface area (Å²) in [5, 5.41) is 9.21. The summed E-state index contributed by atoms with van der Waals surface area (Å²) in [5.41, 5.74) is 6.62. The third kappa shape index (κ3) is 8.39. The molecule has 5 fully saturated rings. The van der Waals surface area contributed by atoms with Gasteiger partial charge in [-0.05, 0) is 80.5 Å². The number of imide groups is 2. The van der Waals surface area contributed by atoms with Crippen molar-refractivity contribution in [1.29, 1.82) is 0 Å². The van der Waals surface area contributed by atoms with E-state index in [4.69, 9.17) is 21.3 Å². The molecule has 20 heteroatoms. The number of rotatable bonds is 12. The fraction of sp³-hybridized carbons (Fsp3) is 0.469. The van der Waals surface area contributed by atoms with Crippen LogP contribution in [0.5, 0.6) is 5.75 Å². The van der Waals surface area contributed by atoms with Crippen LogP contribution in [0.1, 0.15) is 70.4 Å². The molecule has 1 aliphatic carbocycles. The van der Waals surface area contributed by atoms with Crippen molar-refractivity contribution in [2.75, 3.05) is 104 Å². The summed E-state index contributed by atoms with van der Waals surface area (Å²) < 4.78 is 33.2. The SMILES string of the molecule is COc1cc(N2CCC(N3CCN(CC4CN(c5ccc6c(c5)C(=O)N(C5CCC(=O)NC5=O)C6=O)C4)CC3)CC2)c(C)cc1Nc1ncc(Cl)c(Nc2cccc3c2N(S(C)(=O)=O)CC32CC2)n1. The molecule has 1 saturated carbocycles. The van der Waals surface area contributed by atoms with Crippen LogP contribution in [-0.4, -0.2) is 148 Å². The molecule has 1 atom stereocenters. The Balaban J connectivity index is 0.660. The molecule has 3 aromatic carbocycles. The summed E-state index contributed by atoms with van der Waals surface area (Å²) >= 11 is 6.63. The third-order valence-electron chi connectivity index (χ3n) is 15.3. The minimum absolute atomic E-state index is 0.0923. The van der Waals surface area contributed by atoms with Gasteiger partial charge in [-0.25, -0.2) is 13.4 Å². The maximum Gasteiger partial charge on any atom is 0.262 e. The van der Waals surface area contributed by atoms with E-state index < -0.39 is 39.7 Å². The number of para-hydroxylation sites is 1. The lowest BCUT2D eigenvalue weighted by molar-refractivity contribution is -0.136. The molecule has 1 aromatic heterocycles. The van der Waals surface area contributed by atoms with Crippen molar-refractivity contribution in [3.63, 3.8) is 0 Å². The molecular weight excluding hydrogens is 922 g/mol. The van der Waals surface area contributed by atoms with Gasteiger partial charge >= 0.3 is 0 Å². The number of sulfonamides is 1. The topological polar surface area (TPSA) is 193 Å². The number of halogens is 1. The van der Waals surface area contributed by atoms with Crippen molar-refractivity contribution in [1.82, 2.24) is 30.0 Å². The van der Waals surface area contributed by atoms with Gasteiger partial charge in [0.1, 0.15) is 16.8 Å². The maximum absolute atomic E-state index is 13.4. The van der Waals surface area contributed by atoms with E-state index in [9.17, 15) is 27.6 Å². The molecule has 6 aliphatic heterocycles. The van der Waals surface area contributed by atoms with Gasteiger partial charge < -0.3 is 30.1 Å². The van der Waals surface area contributed by atoms with E-state index in [1.165, 1.54) is 16.8 Å². The number of aromatic nitrogens is 2. The van der Waals surface area contributed by atoms with E-state index in [-0.39, 0.29) is 18.3 Å². The Bertz CT molecular complexity index is 2890. The number of benzene rings is 3. The molecule has 18 nitrogen and oxygen atoms in total. The van der Waals surface area contributed by atoms with Gasteiger partial charge in [-0.1, -0.05) is 23.7 Å². The van der Waals surface area contributed by atoms with Crippen molar-refractivity contribution >= 4 is 85.5 Å². The van der Waals surface area contributed by atoms with Gasteiger partial charge in [0.15, 0.2) is 5.82 Å². The average molecular weight is 979 g/mol. The van der Waals surface area contributed by atoms with Gasteiger partial charge in [0, 0.05) is 107 Å². The monoisotopic (exact) mass is 977 g/mol. The standard InChI is InChI=1S/C49H56ClN11O7S/c1-29-21-38(53-48-51-24-36(50)44(55-48)52-37-6-4-5-35-43(37)60(69(3,66)67)28-49(35)13-14-49)41(68-2)23-40(29)58-15-11-31(12-16-58)57-19-17-56(18-20-57)25-30-26-59(27-30)32-7-8-33-34(22-32)47(65)61(46(33)64)39-9-10-42(62)54-45(39)63/h4-8,21-24,30-31,39H,9-20,25-28H2,1-3H3,(H,54,62,63)(H2,51,52,53,55). The van der Waals surface area contributed by atoms with Crippen LogP contribution < -0.4 is 34.8 Å². The lowest BCUT2D eigenvalue weighted by Gasteiger charge is -2.46. The molecule has 69 heavy (non-hydrogen) atoms. The van der Waals surface area contributed by atoms with Gasteiger partial charge in [-0.3, -0.25) is 38.6 Å². The summed E-state index contributed by atoms with van der Waals surface area (Å²) in [6.45, 7) is 11.3. The Morgan fingerprint density at radius 2 is 1.64 bits per heavy atom. The molecule has 0 bridgehead atoms. The van der Waals surface area contributed by atoms with Gasteiger partial charge in [-0.15, -0.1) is 0 Å². The van der Waals surface area contributed by atoms with E-state index in [2.05, 4.69) is 59.6 Å². The molecule has 4 saturated heterocycles. The van der Waals surface area contributed by atoms with E-state index in [1.54, 1.807) is 19.2 Å². The quantitative estimate of drug-likeness (QED) is 0.163. The number of anilines is 7. The number of piperidine rings is 2. The zero-order chi connectivity index (χ0) is 47.9. The molecule has 362 valence electrons. The minimum Gasteiger partial charge on any atom is -0.494 e. The zero-order valence-corrected chi connectivity index (χ0v) is 40.5. The highest BCUT2D eigenvalue weighted by Crippen LogP contribution is 2.59. The van der Waals surface area contributed by atoms with Gasteiger partial charge in [-0.2, -0.15) is 4.98 Å². The second kappa shape index (κ2) is 17.4. The summed E-state index contributed by atoms with van der Waals surface area (Å²) in [7, 11) is -1.85. The number of hydrogen-bond donors (Lipinski definition) is 3. The number of aryl methyl sites for hydroxylation is 1. The molecule has 1 spiro atoms. The van der Waals surface area contributed by atoms with Gasteiger partial charge in [0.25, 0.3) is 11.8 Å². The van der Waals surface area contributed by atoms with E-state index in [0.717, 1.165) is 112 Å². The van der Waals surface area contributed by atoms with Gasteiger partial charge in [0.2, 0.25) is 27.8 Å². The normalized spacial score (nSPS) is 21.9. The number of amides is 4. The highest BCUT2D eigenvalue weighted by molar-refractivity contribution is 7.92. The smallest absolute Gasteiger partial charge is 0.262 e. The second-order valence-corrected chi connectivity index (χ2v) is 22.0. The summed E-state index contributed by atoms with van der Waals surface area (Å²) in [5.74, 6) is -0.129. The molecule has 4 aromatic rings. The first kappa shape index (κ1) is 45.4. The predicted octanol–water partition coefficient (Wildman–Crippen LogP) is 4.87. The van der Waals surface area contributed by atoms with Crippen LogP contribution in [0.15, 0.2) is 54.7 Å². The minimum atomic E-state index is -3.50. The largest absolute Gasteiger partial charge is 0.494 e. The number of nitrogens with one attached hydrogen (secondary N) is 3. The molecule has 0 radical (unpaired) electrons. The van der Waals surface area contributed by atoms with Crippen LogP contribution in [0, 0.1) is 12.8 Å². The molecule has 11 rings (SSSR count). The Morgan fingerprint density at radius 1 is 0.884 bits per heavy atom. The highest BCUT2D eigenvalue weighted by atomic mass is 35.5. The van der Waals surface area contributed by atoms with Crippen molar-refractivity contribution in [3.05, 3.63) is 82.0 Å². The molecule has 7 heterocycles. The Labute approximate surface area is 406 Å². The van der Waals surface area contributed by atoms with Crippen LogP contribution in [-0.2, 0) is 25.0 Å². The number of ether oxygens (including phenoxy) is 1. The number of fused-ring (bicyclic) bond motifs is 3. The fourth-order valence-electron chi connectivity index (χ4n) is 11.4. The van der Waals surface area contributed by atoms with Crippen LogP contribution in [0.25, 0.3) is 0 Å². The van der Waals surface area contributed by atoms with Crippen molar-refractivity contribution < 1.29 is 32.3 Å². The average Bonchev–Trinajstić information content (AvgIpc) is 3.96. The number of nitrogens with zero attached hydrogens (tertiary/aromatic N) is 8. The number of carbonyl (C=O) groups excluding carboxylic acids is 4. The first-order chi connectivity index (χ1) is 33.2.